The maximum absolute atomic E-state index is 6.91. The number of hydrogen-bond acceptors (Lipinski definition) is 6. The fraction of sp³-hybridized carbons (Fsp3) is 0. The lowest BCUT2D eigenvalue weighted by Gasteiger charge is -2.26. The Morgan fingerprint density at radius 1 is 0.138 bits per heavy atom. The van der Waals surface area contributed by atoms with Crippen LogP contribution in [0, 0.1) is 0 Å². The van der Waals surface area contributed by atoms with E-state index in [1.165, 1.54) is 155 Å². The first-order valence-electron chi connectivity index (χ1n) is 47.1. The molecule has 0 unspecified atom stereocenters. The van der Waals surface area contributed by atoms with Crippen LogP contribution in [0.25, 0.3) is 194 Å². The Morgan fingerprint density at radius 3 is 0.812 bits per heavy atom. The first kappa shape index (κ1) is 82.4. The van der Waals surface area contributed by atoms with Gasteiger partial charge in [0.2, 0.25) is 0 Å². The molecule has 27 aromatic rings. The first-order chi connectivity index (χ1) is 68.4. The van der Waals surface area contributed by atoms with Gasteiger partial charge in [0.25, 0.3) is 0 Å². The van der Waals surface area contributed by atoms with Crippen molar-refractivity contribution < 1.29 is 4.42 Å². The lowest BCUT2D eigenvalue weighted by molar-refractivity contribution is 0.674. The Balaban J connectivity index is 0.000000111. The summed E-state index contributed by atoms with van der Waals surface area (Å²) >= 11 is 3.84. The zero-order valence-corrected chi connectivity index (χ0v) is 76.9. The van der Waals surface area contributed by atoms with Gasteiger partial charge in [0.05, 0.1) is 0 Å². The van der Waals surface area contributed by atoms with Crippen molar-refractivity contribution in [1.29, 1.82) is 0 Å². The highest BCUT2D eigenvalue weighted by Gasteiger charge is 2.24. The summed E-state index contributed by atoms with van der Waals surface area (Å²) in [7, 11) is 0. The second-order valence-corrected chi connectivity index (χ2v) is 37.3. The van der Waals surface area contributed by atoms with Crippen molar-refractivity contribution >= 4 is 201 Å². The quantitative estimate of drug-likeness (QED) is 0.0954. The van der Waals surface area contributed by atoms with Crippen LogP contribution in [-0.4, -0.2) is 0 Å². The molecule has 0 N–H and O–H groups in total. The third kappa shape index (κ3) is 15.2. The number of furan rings is 1. The minimum absolute atomic E-state index is 0.906. The fourth-order valence-corrected chi connectivity index (χ4v) is 23.4. The summed E-state index contributed by atoms with van der Waals surface area (Å²) in [6.07, 6.45) is 0. The number of anilines is 9. The standard InChI is InChI=1S/C50H33NO.C44H29NS.C38H25NS/c1-3-12-34(13-4-1)38-15-9-16-39(32-38)35-26-29-42(30-27-35)51(41-18-5-2-6-19-41)43-20-10-17-40(33-43)45-22-11-23-46-47-31-28-37-25-24-36-14-7-8-21-44(36)48(37)50(47)52-49(45)46;1-3-11-30(12-4-1)31-23-26-36(27-24-31)45(35-15-5-2-6-16-35)37-17-9-14-34(29-37)39-19-10-20-40-41-28-25-33-22-21-32-13-7-8-18-38(32)42(33)44(41)46-43(39)40;1-3-13-29(14-4-1)39(30-15-5-2-6-16-30)31-17-9-12-28(25-31)33-19-10-20-34-35-24-23-27-22-21-26-11-7-8-18-32(26)36(27)38(35)40-37(33)34/h1-33H;1-29H;1-25H. The second-order valence-electron chi connectivity index (χ2n) is 35.2. The molecule has 3 aromatic heterocycles. The van der Waals surface area contributed by atoms with Gasteiger partial charge >= 0.3 is 0 Å². The van der Waals surface area contributed by atoms with Gasteiger partial charge in [0.1, 0.15) is 11.2 Å². The zero-order chi connectivity index (χ0) is 91.4. The van der Waals surface area contributed by atoms with E-state index in [-0.39, 0.29) is 0 Å². The van der Waals surface area contributed by atoms with Gasteiger partial charge in [-0.2, -0.15) is 0 Å². The second kappa shape index (κ2) is 35.8. The summed E-state index contributed by atoms with van der Waals surface area (Å²) in [5.74, 6) is 0. The maximum Gasteiger partial charge on any atom is 0.143 e. The highest BCUT2D eigenvalue weighted by Crippen LogP contribution is 2.51. The van der Waals surface area contributed by atoms with E-state index in [2.05, 4.69) is 542 Å². The van der Waals surface area contributed by atoms with Crippen LogP contribution in [0.15, 0.2) is 532 Å². The van der Waals surface area contributed by atoms with Gasteiger partial charge in [0, 0.05) is 124 Å². The molecule has 0 aliphatic heterocycles. The molecule has 6 heteroatoms. The predicted molar refractivity (Wildman–Crippen MR) is 594 cm³/mol. The van der Waals surface area contributed by atoms with Crippen molar-refractivity contribution in [2.24, 2.45) is 0 Å². The Hall–Kier alpha value is -17.5. The van der Waals surface area contributed by atoms with Gasteiger partial charge in [-0.05, 0) is 231 Å². The van der Waals surface area contributed by atoms with Crippen LogP contribution >= 0.6 is 22.7 Å². The minimum atomic E-state index is 0.906. The minimum Gasteiger partial charge on any atom is -0.455 e. The third-order valence-corrected chi connectivity index (χ3v) is 29.6. The lowest BCUT2D eigenvalue weighted by Crippen LogP contribution is -2.09. The van der Waals surface area contributed by atoms with E-state index in [0.717, 1.165) is 89.6 Å². The molecular formula is C132H87N3OS2. The summed E-state index contributed by atoms with van der Waals surface area (Å²) in [6.45, 7) is 0. The smallest absolute Gasteiger partial charge is 0.143 e. The van der Waals surface area contributed by atoms with Crippen molar-refractivity contribution in [3.63, 3.8) is 0 Å². The van der Waals surface area contributed by atoms with E-state index < -0.39 is 0 Å². The van der Waals surface area contributed by atoms with Crippen molar-refractivity contribution in [2.75, 3.05) is 14.7 Å². The molecule has 27 rings (SSSR count). The zero-order valence-electron chi connectivity index (χ0n) is 75.3. The van der Waals surface area contributed by atoms with Crippen molar-refractivity contribution in [3.05, 3.63) is 528 Å². The van der Waals surface area contributed by atoms with E-state index in [1.54, 1.807) is 0 Å². The Kier molecular flexibility index (Phi) is 21.4. The summed E-state index contributed by atoms with van der Waals surface area (Å²) in [6, 6.07) is 190. The van der Waals surface area contributed by atoms with Crippen molar-refractivity contribution in [2.45, 2.75) is 0 Å². The van der Waals surface area contributed by atoms with Crippen molar-refractivity contribution in [1.82, 2.24) is 0 Å². The molecule has 0 bridgehead atoms. The fourth-order valence-electron chi connectivity index (χ4n) is 20.5. The lowest BCUT2D eigenvalue weighted by atomic mass is 9.98. The molecule has 4 nitrogen and oxygen atoms in total. The van der Waals surface area contributed by atoms with Gasteiger partial charge in [-0.25, -0.2) is 0 Å². The molecular weight excluding hydrogens is 1710 g/mol. The molecule has 0 amide bonds. The highest BCUT2D eigenvalue weighted by molar-refractivity contribution is 7.27. The highest BCUT2D eigenvalue weighted by atomic mass is 32.1. The van der Waals surface area contributed by atoms with Crippen LogP contribution in [0.1, 0.15) is 0 Å². The third-order valence-electron chi connectivity index (χ3n) is 27.1. The van der Waals surface area contributed by atoms with Crippen LogP contribution in [0.4, 0.5) is 51.2 Å². The molecule has 0 fully saturated rings. The summed E-state index contributed by atoms with van der Waals surface area (Å²) in [5, 5.41) is 22.8. The Labute approximate surface area is 808 Å². The SMILES string of the molecule is c1ccc(-c2ccc(N(c3ccccc3)c3cccc(-c4cccc5c4sc4c5ccc5ccc6ccccc6c54)c3)cc2)cc1.c1ccc(-c2cccc(-c3ccc(N(c4ccccc4)c4cccc(-c5cccc6c5oc5c6ccc6ccc7ccccc7c65)c4)cc3)c2)cc1.c1ccc(N(c2ccccc2)c2cccc(-c3cccc4c3sc3c4ccc4ccc5ccccc5c43)c2)cc1. The molecule has 0 spiro atoms. The van der Waals surface area contributed by atoms with E-state index in [9.17, 15) is 0 Å². The van der Waals surface area contributed by atoms with Gasteiger partial charge in [-0.1, -0.05) is 406 Å². The number of rotatable bonds is 15. The van der Waals surface area contributed by atoms with Crippen LogP contribution in [0.3, 0.4) is 0 Å². The molecule has 0 aliphatic carbocycles. The predicted octanol–water partition coefficient (Wildman–Crippen LogP) is 39.0. The molecule has 24 aromatic carbocycles. The topological polar surface area (TPSA) is 22.9 Å². The van der Waals surface area contributed by atoms with E-state index >= 15 is 0 Å². The molecule has 0 saturated carbocycles. The number of nitrogens with zero attached hydrogens (tertiary/aromatic N) is 3. The van der Waals surface area contributed by atoms with Crippen LogP contribution in [-0.2, 0) is 0 Å². The van der Waals surface area contributed by atoms with E-state index in [0.29, 0.717) is 0 Å². The molecule has 0 radical (unpaired) electrons. The maximum atomic E-state index is 6.91. The molecule has 138 heavy (non-hydrogen) atoms. The summed E-state index contributed by atoms with van der Waals surface area (Å²) in [4.78, 5) is 7.00. The molecule has 0 aliphatic rings. The Bertz CT molecular complexity index is 9220. The van der Waals surface area contributed by atoms with Crippen LogP contribution < -0.4 is 14.7 Å². The molecule has 648 valence electrons. The summed E-state index contributed by atoms with van der Waals surface area (Å²) in [5.41, 5.74) is 26.3. The number of benzene rings is 24. The molecule has 0 saturated heterocycles. The van der Waals surface area contributed by atoms with Crippen LogP contribution in [0.5, 0.6) is 0 Å². The van der Waals surface area contributed by atoms with E-state index in [4.69, 9.17) is 4.42 Å². The average Bonchev–Trinajstić information content (AvgIpc) is 1.67. The normalized spacial score (nSPS) is 11.5. The Morgan fingerprint density at radius 2 is 0.391 bits per heavy atom. The molecule has 3 heterocycles. The van der Waals surface area contributed by atoms with Crippen LogP contribution in [0.2, 0.25) is 0 Å². The molecule has 0 atom stereocenters. The van der Waals surface area contributed by atoms with Crippen molar-refractivity contribution in [3.8, 4) is 66.8 Å². The largest absolute Gasteiger partial charge is 0.455 e. The number of hydrogen-bond donors (Lipinski definition) is 0. The summed E-state index contributed by atoms with van der Waals surface area (Å²) < 4.78 is 12.3. The first-order valence-corrected chi connectivity index (χ1v) is 48.7. The average molecular weight is 1800 g/mol. The van der Waals surface area contributed by atoms with Gasteiger partial charge in [-0.15, -0.1) is 22.7 Å². The van der Waals surface area contributed by atoms with E-state index in [1.807, 2.05) is 22.7 Å². The monoisotopic (exact) mass is 1790 g/mol. The number of para-hydroxylation sites is 5. The number of fused-ring (bicyclic) bond motifs is 21. The van der Waals surface area contributed by atoms with Gasteiger partial charge in [-0.3, -0.25) is 0 Å². The number of thiophene rings is 2. The van der Waals surface area contributed by atoms with Gasteiger partial charge < -0.3 is 19.1 Å². The van der Waals surface area contributed by atoms with Gasteiger partial charge in [0.15, 0.2) is 0 Å².